The number of carbonyl (C=O) groups excluding carboxylic acids is 3. The van der Waals surface area contributed by atoms with Gasteiger partial charge in [-0.1, -0.05) is 45.3 Å². The molecule has 0 aromatic carbocycles. The van der Waals surface area contributed by atoms with Crippen molar-refractivity contribution in [1.29, 1.82) is 0 Å². The number of amides is 2. The molecule has 0 aromatic rings. The van der Waals surface area contributed by atoms with Crippen LogP contribution in [0.1, 0.15) is 72.6 Å². The van der Waals surface area contributed by atoms with E-state index in [1.807, 2.05) is 26.0 Å². The second kappa shape index (κ2) is 13.0. The zero-order valence-electron chi connectivity index (χ0n) is 20.2. The van der Waals surface area contributed by atoms with Crippen molar-refractivity contribution in [1.82, 2.24) is 10.2 Å². The molecule has 182 valence electrons. The number of nitrogens with zero attached hydrogens (tertiary/aromatic N) is 1. The summed E-state index contributed by atoms with van der Waals surface area (Å²) >= 11 is 0. The van der Waals surface area contributed by atoms with Crippen LogP contribution in [0.25, 0.3) is 0 Å². The third-order valence-corrected chi connectivity index (χ3v) is 6.83. The zero-order chi connectivity index (χ0) is 23.7. The summed E-state index contributed by atoms with van der Waals surface area (Å²) in [6.45, 7) is 8.77. The predicted octanol–water partition coefficient (Wildman–Crippen LogP) is 3.06. The van der Waals surface area contributed by atoms with Gasteiger partial charge in [0.25, 0.3) is 0 Å². The van der Waals surface area contributed by atoms with E-state index in [2.05, 4.69) is 12.2 Å². The number of aliphatic hydroxyl groups is 1. The smallest absolute Gasteiger partial charge is 0.310 e. The molecular formula is C25H42N2O5. The standard InChI is InChI=1S/C25H42N2O5/c1-5-12-17(4)26-23(29)22-19-14-13-18(6-2)20(25(31)32-7-3)21(19)24(30)27(22)15-10-8-9-11-16-28/h13-14,17-22,28H,5-12,15-16H2,1-4H3,(H,26,29)/t17?,18-,19+,20-,21-,22+/m1/s1. The first-order chi connectivity index (χ1) is 15.4. The normalized spacial score (nSPS) is 27.8. The van der Waals surface area contributed by atoms with Crippen LogP contribution in [0, 0.1) is 23.7 Å². The first kappa shape index (κ1) is 26.4. The summed E-state index contributed by atoms with van der Waals surface area (Å²) in [5.41, 5.74) is 0. The van der Waals surface area contributed by atoms with E-state index in [1.165, 1.54) is 0 Å². The number of allylic oxidation sites excluding steroid dienone is 1. The van der Waals surface area contributed by atoms with Crippen LogP contribution in [-0.2, 0) is 19.1 Å². The number of hydrogen-bond donors (Lipinski definition) is 2. The molecule has 0 spiro atoms. The van der Waals surface area contributed by atoms with Crippen molar-refractivity contribution in [3.63, 3.8) is 0 Å². The number of esters is 1. The van der Waals surface area contributed by atoms with E-state index in [1.54, 1.807) is 11.8 Å². The monoisotopic (exact) mass is 450 g/mol. The molecule has 32 heavy (non-hydrogen) atoms. The highest BCUT2D eigenvalue weighted by Gasteiger charge is 2.57. The van der Waals surface area contributed by atoms with Crippen LogP contribution < -0.4 is 5.32 Å². The molecule has 1 aliphatic heterocycles. The van der Waals surface area contributed by atoms with Crippen molar-refractivity contribution >= 4 is 17.8 Å². The Kier molecular flexibility index (Phi) is 10.7. The highest BCUT2D eigenvalue weighted by Crippen LogP contribution is 2.45. The predicted molar refractivity (Wildman–Crippen MR) is 124 cm³/mol. The summed E-state index contributed by atoms with van der Waals surface area (Å²) in [5, 5.41) is 12.1. The summed E-state index contributed by atoms with van der Waals surface area (Å²) in [6.07, 6.45) is 9.86. The van der Waals surface area contributed by atoms with Crippen molar-refractivity contribution in [3.05, 3.63) is 12.2 Å². The van der Waals surface area contributed by atoms with E-state index in [0.717, 1.165) is 44.9 Å². The Bertz CT molecular complexity index is 665. The lowest BCUT2D eigenvalue weighted by Crippen LogP contribution is -2.49. The second-order valence-corrected chi connectivity index (χ2v) is 9.15. The van der Waals surface area contributed by atoms with Gasteiger partial charge >= 0.3 is 5.97 Å². The molecule has 2 N–H and O–H groups in total. The molecule has 1 fully saturated rings. The molecule has 2 amide bonds. The average Bonchev–Trinajstić information content (AvgIpc) is 3.05. The van der Waals surface area contributed by atoms with Crippen LogP contribution in [0.4, 0.5) is 0 Å². The Morgan fingerprint density at radius 1 is 1.16 bits per heavy atom. The van der Waals surface area contributed by atoms with Crippen LogP contribution in [0.15, 0.2) is 12.2 Å². The Labute approximate surface area is 192 Å². The molecule has 1 heterocycles. The number of fused-ring (bicyclic) bond motifs is 1. The van der Waals surface area contributed by atoms with Gasteiger partial charge in [-0.3, -0.25) is 14.4 Å². The Hall–Kier alpha value is -1.89. The van der Waals surface area contributed by atoms with E-state index in [-0.39, 0.29) is 48.9 Å². The van der Waals surface area contributed by atoms with Crippen LogP contribution in [-0.4, -0.2) is 59.6 Å². The van der Waals surface area contributed by atoms with Crippen LogP contribution in [0.5, 0.6) is 0 Å². The fourth-order valence-electron chi connectivity index (χ4n) is 5.27. The van der Waals surface area contributed by atoms with Gasteiger partial charge < -0.3 is 20.1 Å². The van der Waals surface area contributed by atoms with E-state index < -0.39 is 17.9 Å². The molecule has 6 atom stereocenters. The number of aliphatic hydroxyl groups excluding tert-OH is 1. The van der Waals surface area contributed by atoms with Gasteiger partial charge in [-0.05, 0) is 45.4 Å². The average molecular weight is 451 g/mol. The summed E-state index contributed by atoms with van der Waals surface area (Å²) in [4.78, 5) is 41.6. The molecule has 0 bridgehead atoms. The van der Waals surface area contributed by atoms with Crippen LogP contribution in [0.2, 0.25) is 0 Å². The van der Waals surface area contributed by atoms with Crippen LogP contribution >= 0.6 is 0 Å². The van der Waals surface area contributed by atoms with Gasteiger partial charge in [0.05, 0.1) is 18.4 Å². The van der Waals surface area contributed by atoms with E-state index in [4.69, 9.17) is 9.84 Å². The number of nitrogens with one attached hydrogen (secondary N) is 1. The SMILES string of the molecule is CCCC(C)NC(=O)[C@@H]1[C@H]2C=C[C@@H](CC)[C@@H](C(=O)OCC)[C@@H]2C(=O)N1CCCCCCO. The Morgan fingerprint density at radius 2 is 1.88 bits per heavy atom. The van der Waals surface area contributed by atoms with Gasteiger partial charge in [0.15, 0.2) is 0 Å². The quantitative estimate of drug-likeness (QED) is 0.255. The number of likely N-dealkylation sites (tertiary alicyclic amines) is 1. The van der Waals surface area contributed by atoms with Crippen molar-refractivity contribution in [2.75, 3.05) is 19.8 Å². The Morgan fingerprint density at radius 3 is 2.50 bits per heavy atom. The number of unbranched alkanes of at least 4 members (excludes halogenated alkanes) is 3. The minimum Gasteiger partial charge on any atom is -0.466 e. The minimum absolute atomic E-state index is 0.0323. The summed E-state index contributed by atoms with van der Waals surface area (Å²) in [6, 6.07) is -0.569. The molecule has 2 aliphatic rings. The van der Waals surface area contributed by atoms with Gasteiger partial charge in [-0.15, -0.1) is 0 Å². The lowest BCUT2D eigenvalue weighted by molar-refractivity contribution is -0.155. The molecule has 0 aromatic heterocycles. The lowest BCUT2D eigenvalue weighted by atomic mass is 9.69. The number of ether oxygens (including phenoxy) is 1. The molecule has 1 saturated heterocycles. The van der Waals surface area contributed by atoms with E-state index >= 15 is 0 Å². The summed E-state index contributed by atoms with van der Waals surface area (Å²) < 4.78 is 5.36. The highest BCUT2D eigenvalue weighted by molar-refractivity contribution is 5.96. The fourth-order valence-corrected chi connectivity index (χ4v) is 5.27. The molecule has 0 saturated carbocycles. The molecule has 2 rings (SSSR count). The maximum atomic E-state index is 13.6. The van der Waals surface area contributed by atoms with Crippen LogP contribution in [0.3, 0.4) is 0 Å². The molecule has 7 heteroatoms. The van der Waals surface area contributed by atoms with Gasteiger partial charge in [0.2, 0.25) is 11.8 Å². The topological polar surface area (TPSA) is 95.9 Å². The number of rotatable bonds is 13. The minimum atomic E-state index is -0.601. The summed E-state index contributed by atoms with van der Waals surface area (Å²) in [5.74, 6) is -2.08. The van der Waals surface area contributed by atoms with Gasteiger partial charge in [0.1, 0.15) is 6.04 Å². The van der Waals surface area contributed by atoms with Gasteiger partial charge in [-0.25, -0.2) is 0 Å². The van der Waals surface area contributed by atoms with Crippen molar-refractivity contribution in [2.24, 2.45) is 23.7 Å². The first-order valence-corrected chi connectivity index (χ1v) is 12.5. The second-order valence-electron chi connectivity index (χ2n) is 9.15. The van der Waals surface area contributed by atoms with Gasteiger partial charge in [-0.2, -0.15) is 0 Å². The van der Waals surface area contributed by atoms with Crippen molar-refractivity contribution in [2.45, 2.75) is 84.7 Å². The first-order valence-electron chi connectivity index (χ1n) is 12.5. The molecule has 0 radical (unpaired) electrons. The third kappa shape index (κ3) is 6.12. The fraction of sp³-hybridized carbons (Fsp3) is 0.800. The lowest BCUT2D eigenvalue weighted by Gasteiger charge is -2.33. The highest BCUT2D eigenvalue weighted by atomic mass is 16.5. The summed E-state index contributed by atoms with van der Waals surface area (Å²) in [7, 11) is 0. The molecule has 7 nitrogen and oxygen atoms in total. The molecule has 1 unspecified atom stereocenters. The van der Waals surface area contributed by atoms with Gasteiger partial charge in [0, 0.05) is 25.1 Å². The number of carbonyl (C=O) groups is 3. The Balaban J connectivity index is 2.31. The molecule has 1 aliphatic carbocycles. The largest absolute Gasteiger partial charge is 0.466 e. The van der Waals surface area contributed by atoms with Crippen molar-refractivity contribution in [3.8, 4) is 0 Å². The molecular weight excluding hydrogens is 408 g/mol. The third-order valence-electron chi connectivity index (χ3n) is 6.83. The maximum absolute atomic E-state index is 13.6. The van der Waals surface area contributed by atoms with E-state index in [9.17, 15) is 14.4 Å². The maximum Gasteiger partial charge on any atom is 0.310 e. The van der Waals surface area contributed by atoms with Crippen molar-refractivity contribution < 1.29 is 24.2 Å². The zero-order valence-corrected chi connectivity index (χ0v) is 20.2. The van der Waals surface area contributed by atoms with E-state index in [0.29, 0.717) is 6.54 Å². The number of hydrogen-bond acceptors (Lipinski definition) is 5.